The number of nitrogens with zero attached hydrogens (tertiary/aromatic N) is 4. The van der Waals surface area contributed by atoms with Crippen molar-refractivity contribution in [1.29, 1.82) is 0 Å². The van der Waals surface area contributed by atoms with E-state index in [0.717, 1.165) is 22.5 Å². The van der Waals surface area contributed by atoms with Crippen LogP contribution in [0.2, 0.25) is 5.02 Å². The largest absolute Gasteiger partial charge is 0.486 e. The number of thioether (sulfide) groups is 1. The number of nitrogens with one attached hydrogen (secondary N) is 1. The number of hydrogen-bond acceptors (Lipinski definition) is 9. The van der Waals surface area contributed by atoms with Gasteiger partial charge < -0.3 is 24.3 Å². The maximum Gasteiger partial charge on any atom is 0.341 e. The van der Waals surface area contributed by atoms with Crippen LogP contribution < -0.4 is 10.1 Å². The zero-order chi connectivity index (χ0) is 28.1. The quantitative estimate of drug-likeness (QED) is 0.270. The maximum absolute atomic E-state index is 12.8. The van der Waals surface area contributed by atoms with Gasteiger partial charge in [-0.3, -0.25) is 9.59 Å². The van der Waals surface area contributed by atoms with E-state index in [1.165, 1.54) is 23.8 Å². The summed E-state index contributed by atoms with van der Waals surface area (Å²) in [6.45, 7) is 8.23. The Morgan fingerprint density at radius 2 is 1.82 bits per heavy atom. The van der Waals surface area contributed by atoms with Gasteiger partial charge >= 0.3 is 5.97 Å². The average Bonchev–Trinajstić information content (AvgIpc) is 3.43. The van der Waals surface area contributed by atoms with Crippen molar-refractivity contribution in [3.8, 4) is 5.75 Å². The molecule has 0 aliphatic rings. The molecule has 38 heavy (non-hydrogen) atoms. The Balaban J connectivity index is 1.70. The van der Waals surface area contributed by atoms with E-state index in [2.05, 4.69) is 15.5 Å². The van der Waals surface area contributed by atoms with Crippen LogP contribution in [-0.2, 0) is 22.7 Å². The second kappa shape index (κ2) is 12.6. The van der Waals surface area contributed by atoms with Crippen molar-refractivity contribution >= 4 is 57.5 Å². The van der Waals surface area contributed by atoms with Crippen molar-refractivity contribution in [1.82, 2.24) is 19.7 Å². The van der Waals surface area contributed by atoms with Crippen LogP contribution in [0.3, 0.4) is 0 Å². The highest BCUT2D eigenvalue weighted by Crippen LogP contribution is 2.34. The van der Waals surface area contributed by atoms with E-state index in [1.807, 2.05) is 37.5 Å². The number of ether oxygens (including phenoxy) is 2. The SMILES string of the molecule is CCn1c(COc2cc(C)c(Cl)c(C)c2)nnc1SCC(=O)Nc1sc(C(=O)N(C)C)c(C)c1C(=O)OC. The van der Waals surface area contributed by atoms with Gasteiger partial charge in [0.25, 0.3) is 5.91 Å². The molecule has 0 atom stereocenters. The number of halogens is 1. The Labute approximate surface area is 234 Å². The van der Waals surface area contributed by atoms with Gasteiger partial charge in [-0.15, -0.1) is 21.5 Å². The van der Waals surface area contributed by atoms with Crippen molar-refractivity contribution in [3.05, 3.63) is 50.1 Å². The number of rotatable bonds is 10. The first-order chi connectivity index (χ1) is 18.0. The summed E-state index contributed by atoms with van der Waals surface area (Å²) in [5.74, 6) is 0.0742. The molecule has 0 unspecified atom stereocenters. The highest BCUT2D eigenvalue weighted by Gasteiger charge is 2.27. The van der Waals surface area contributed by atoms with Gasteiger partial charge in [0.2, 0.25) is 5.91 Å². The Morgan fingerprint density at radius 3 is 2.39 bits per heavy atom. The van der Waals surface area contributed by atoms with E-state index in [-0.39, 0.29) is 34.7 Å². The van der Waals surface area contributed by atoms with Gasteiger partial charge in [-0.05, 0) is 56.5 Å². The normalized spacial score (nSPS) is 10.8. The van der Waals surface area contributed by atoms with E-state index in [9.17, 15) is 14.4 Å². The molecule has 0 fully saturated rings. The van der Waals surface area contributed by atoms with Crippen LogP contribution in [0.1, 0.15) is 49.5 Å². The number of aromatic nitrogens is 3. The molecule has 0 saturated carbocycles. The lowest BCUT2D eigenvalue weighted by molar-refractivity contribution is -0.113. The number of hydrogen-bond donors (Lipinski definition) is 1. The van der Waals surface area contributed by atoms with Crippen molar-refractivity contribution in [2.24, 2.45) is 0 Å². The summed E-state index contributed by atoms with van der Waals surface area (Å²) in [4.78, 5) is 39.5. The summed E-state index contributed by atoms with van der Waals surface area (Å²) in [7, 11) is 4.49. The number of methoxy groups -OCH3 is 1. The number of amides is 2. The maximum atomic E-state index is 12.8. The molecule has 0 bridgehead atoms. The third-order valence-electron chi connectivity index (χ3n) is 5.61. The fraction of sp³-hybridized carbons (Fsp3) is 0.400. The third kappa shape index (κ3) is 6.48. The average molecular weight is 580 g/mol. The Hall–Kier alpha value is -3.09. The fourth-order valence-electron chi connectivity index (χ4n) is 3.64. The molecule has 13 heteroatoms. The summed E-state index contributed by atoms with van der Waals surface area (Å²) in [6, 6.07) is 3.74. The summed E-state index contributed by atoms with van der Waals surface area (Å²) < 4.78 is 12.7. The fourth-order valence-corrected chi connectivity index (χ4v) is 5.80. The van der Waals surface area contributed by atoms with Crippen molar-refractivity contribution in [3.63, 3.8) is 0 Å². The monoisotopic (exact) mass is 579 g/mol. The molecule has 0 radical (unpaired) electrons. The molecular weight excluding hydrogens is 550 g/mol. The lowest BCUT2D eigenvalue weighted by Gasteiger charge is -2.11. The van der Waals surface area contributed by atoms with Crippen molar-refractivity contribution in [2.75, 3.05) is 32.3 Å². The Kier molecular flexibility index (Phi) is 9.80. The molecule has 3 aromatic rings. The number of carbonyl (C=O) groups excluding carboxylic acids is 3. The number of aryl methyl sites for hydroxylation is 2. The van der Waals surface area contributed by atoms with Crippen LogP contribution in [0.4, 0.5) is 5.00 Å². The molecule has 1 N–H and O–H groups in total. The molecule has 3 rings (SSSR count). The number of esters is 1. The summed E-state index contributed by atoms with van der Waals surface area (Å²) in [5.41, 5.74) is 2.49. The zero-order valence-corrected chi connectivity index (χ0v) is 24.7. The first-order valence-corrected chi connectivity index (χ1v) is 13.8. The molecule has 2 heterocycles. The molecule has 0 aliphatic carbocycles. The van der Waals surface area contributed by atoms with Crippen LogP contribution in [-0.4, -0.2) is 64.4 Å². The number of benzene rings is 1. The van der Waals surface area contributed by atoms with Crippen LogP contribution in [0.15, 0.2) is 17.3 Å². The highest BCUT2D eigenvalue weighted by atomic mass is 35.5. The minimum Gasteiger partial charge on any atom is -0.486 e. The Morgan fingerprint density at radius 1 is 1.16 bits per heavy atom. The zero-order valence-electron chi connectivity index (χ0n) is 22.3. The molecule has 2 aromatic heterocycles. The van der Waals surface area contributed by atoms with E-state index in [1.54, 1.807) is 21.0 Å². The van der Waals surface area contributed by atoms with Crippen molar-refractivity contribution < 1.29 is 23.9 Å². The van der Waals surface area contributed by atoms with E-state index in [4.69, 9.17) is 21.1 Å². The van der Waals surface area contributed by atoms with Crippen LogP contribution >= 0.6 is 34.7 Å². The summed E-state index contributed by atoms with van der Waals surface area (Å²) in [5, 5.41) is 12.7. The Bertz CT molecular complexity index is 1350. The van der Waals surface area contributed by atoms with Gasteiger partial charge in [0, 0.05) is 25.7 Å². The molecule has 10 nitrogen and oxygen atoms in total. The van der Waals surface area contributed by atoms with Crippen molar-refractivity contribution in [2.45, 2.75) is 46.0 Å². The number of thiophene rings is 1. The minimum absolute atomic E-state index is 0.0169. The lowest BCUT2D eigenvalue weighted by Crippen LogP contribution is -2.21. The second-order valence-corrected chi connectivity index (χ2v) is 10.9. The minimum atomic E-state index is -0.624. The standard InChI is InChI=1S/C25H30ClN5O5S2/c1-8-31-17(11-36-16-9-13(2)20(26)14(3)10-16)28-29-25(31)37-12-18(32)27-22-19(24(34)35-7)15(4)21(38-22)23(33)30(5)6/h9-10H,8,11-12H2,1-7H3,(H,27,32). The third-order valence-corrected chi connectivity index (χ3v) is 8.37. The van der Waals surface area contributed by atoms with Gasteiger partial charge in [-0.1, -0.05) is 23.4 Å². The van der Waals surface area contributed by atoms with E-state index in [0.29, 0.717) is 38.7 Å². The van der Waals surface area contributed by atoms with Crippen LogP contribution in [0, 0.1) is 20.8 Å². The first-order valence-electron chi connectivity index (χ1n) is 11.7. The molecule has 204 valence electrons. The topological polar surface area (TPSA) is 116 Å². The highest BCUT2D eigenvalue weighted by molar-refractivity contribution is 7.99. The lowest BCUT2D eigenvalue weighted by atomic mass is 10.1. The predicted molar refractivity (Wildman–Crippen MR) is 149 cm³/mol. The first kappa shape index (κ1) is 29.5. The van der Waals surface area contributed by atoms with E-state index < -0.39 is 5.97 Å². The second-order valence-electron chi connectivity index (χ2n) is 8.59. The molecule has 0 aliphatic heterocycles. The van der Waals surface area contributed by atoms with Gasteiger partial charge in [0.05, 0.1) is 23.3 Å². The molecule has 0 spiro atoms. The van der Waals surface area contributed by atoms with Crippen LogP contribution in [0.25, 0.3) is 0 Å². The predicted octanol–water partition coefficient (Wildman–Crippen LogP) is 4.74. The number of carbonyl (C=O) groups is 3. The molecular formula is C25H30ClN5O5S2. The summed E-state index contributed by atoms with van der Waals surface area (Å²) >= 11 is 8.49. The summed E-state index contributed by atoms with van der Waals surface area (Å²) in [6.07, 6.45) is 0. The number of anilines is 1. The molecule has 1 aromatic carbocycles. The smallest absolute Gasteiger partial charge is 0.341 e. The van der Waals surface area contributed by atoms with E-state index >= 15 is 0 Å². The van der Waals surface area contributed by atoms with Gasteiger partial charge in [-0.2, -0.15) is 0 Å². The van der Waals surface area contributed by atoms with Crippen LogP contribution in [0.5, 0.6) is 5.75 Å². The molecule has 0 saturated heterocycles. The molecule has 2 amide bonds. The van der Waals surface area contributed by atoms with Gasteiger partial charge in [0.15, 0.2) is 11.0 Å². The van der Waals surface area contributed by atoms with Gasteiger partial charge in [0.1, 0.15) is 17.4 Å². The van der Waals surface area contributed by atoms with Gasteiger partial charge in [-0.25, -0.2) is 4.79 Å².